The molecule has 23 heavy (non-hydrogen) atoms. The van der Waals surface area contributed by atoms with Crippen LogP contribution in [0.3, 0.4) is 0 Å². The number of benzene rings is 1. The van der Waals surface area contributed by atoms with E-state index in [9.17, 15) is 39.2 Å². The second kappa shape index (κ2) is 5.64. The largest absolute Gasteiger partial charge is 0.375 e. The molecule has 132 valence electrons. The molecule has 0 aliphatic carbocycles. The molecule has 1 rings (SSSR count). The summed E-state index contributed by atoms with van der Waals surface area (Å²) in [5.41, 5.74) is -2.14. The van der Waals surface area contributed by atoms with E-state index in [1.165, 1.54) is 0 Å². The predicted molar refractivity (Wildman–Crippen MR) is 65.6 cm³/mol. The Hall–Kier alpha value is -0.780. The predicted octanol–water partition coefficient (Wildman–Crippen LogP) is 4.40. The molecule has 0 spiro atoms. The minimum absolute atomic E-state index is 0.0658. The lowest BCUT2D eigenvalue weighted by atomic mass is 9.98. The Morgan fingerprint density at radius 3 is 1.74 bits per heavy atom. The minimum Gasteiger partial charge on any atom is -0.282 e. The topological polar surface area (TPSA) is 54.4 Å². The van der Waals surface area contributed by atoms with Gasteiger partial charge in [0.1, 0.15) is 4.90 Å². The molecule has 0 radical (unpaired) electrons. The summed E-state index contributed by atoms with van der Waals surface area (Å²) in [7, 11) is -5.46. The SMILES string of the molecule is O=S(=O)(O)c1ccccc1C(F)(F)C(F)(F)C(F)(Cl)C(F)(F)Cl. The normalized spacial score (nSPS) is 17.0. The Morgan fingerprint density at radius 2 is 1.35 bits per heavy atom. The van der Waals surface area contributed by atoms with Gasteiger partial charge in [-0.25, -0.2) is 4.39 Å². The number of alkyl halides is 9. The second-order valence-electron chi connectivity index (χ2n) is 4.19. The van der Waals surface area contributed by atoms with Crippen LogP contribution in [0.4, 0.5) is 30.7 Å². The molecule has 0 aliphatic heterocycles. The Morgan fingerprint density at radius 1 is 0.913 bits per heavy atom. The molecule has 0 fully saturated rings. The fraction of sp³-hybridized carbons (Fsp3) is 0.400. The highest BCUT2D eigenvalue weighted by Crippen LogP contribution is 2.59. The molecule has 1 N–H and O–H groups in total. The molecule has 1 unspecified atom stereocenters. The molecule has 3 nitrogen and oxygen atoms in total. The summed E-state index contributed by atoms with van der Waals surface area (Å²) in [6.45, 7) is 0. The average molecular weight is 409 g/mol. The third-order valence-corrected chi connectivity index (χ3v) is 4.39. The summed E-state index contributed by atoms with van der Waals surface area (Å²) in [6, 6.07) is 1.74. The van der Waals surface area contributed by atoms with Crippen LogP contribution in [0.25, 0.3) is 0 Å². The maximum absolute atomic E-state index is 13.9. The van der Waals surface area contributed by atoms with Gasteiger partial charge in [0.2, 0.25) is 0 Å². The Kier molecular flexibility index (Phi) is 4.97. The molecular formula is C10H5Cl2F7O3S. The zero-order chi connectivity index (χ0) is 18.5. The van der Waals surface area contributed by atoms with E-state index in [4.69, 9.17) is 4.55 Å². The van der Waals surface area contributed by atoms with E-state index >= 15 is 0 Å². The van der Waals surface area contributed by atoms with Crippen LogP contribution in [-0.4, -0.2) is 29.4 Å². The van der Waals surface area contributed by atoms with E-state index < -0.39 is 42.9 Å². The molecule has 0 heterocycles. The first-order valence-electron chi connectivity index (χ1n) is 5.25. The van der Waals surface area contributed by atoms with Gasteiger partial charge in [0.15, 0.2) is 0 Å². The maximum Gasteiger partial charge on any atom is 0.375 e. The van der Waals surface area contributed by atoms with Crippen molar-refractivity contribution in [1.82, 2.24) is 0 Å². The summed E-state index contributed by atoms with van der Waals surface area (Å²) in [5.74, 6) is -12.2. The Balaban J connectivity index is 3.67. The molecule has 0 bridgehead atoms. The molecule has 0 amide bonds. The van der Waals surface area contributed by atoms with Crippen molar-refractivity contribution in [2.24, 2.45) is 0 Å². The standard InChI is InChI=1S/C10H5Cl2F7O3S/c11-8(15,10(12,18)19)9(16,17)7(13,14)5-3-1-2-4-6(5)23(20,21)22/h1-4H,(H,20,21,22). The van der Waals surface area contributed by atoms with Crippen LogP contribution in [-0.2, 0) is 16.0 Å². The van der Waals surface area contributed by atoms with Crippen LogP contribution >= 0.6 is 23.2 Å². The van der Waals surface area contributed by atoms with E-state index in [1.807, 2.05) is 0 Å². The fourth-order valence-corrected chi connectivity index (χ4v) is 2.46. The van der Waals surface area contributed by atoms with Crippen LogP contribution in [0.1, 0.15) is 5.56 Å². The van der Waals surface area contributed by atoms with Crippen molar-refractivity contribution in [1.29, 1.82) is 0 Å². The lowest BCUT2D eigenvalue weighted by Crippen LogP contribution is -2.58. The first-order valence-corrected chi connectivity index (χ1v) is 7.44. The molecular weight excluding hydrogens is 404 g/mol. The van der Waals surface area contributed by atoms with Crippen molar-refractivity contribution < 1.29 is 43.7 Å². The number of rotatable bonds is 5. The van der Waals surface area contributed by atoms with Gasteiger partial charge in [-0.3, -0.25) is 4.55 Å². The first-order chi connectivity index (χ1) is 9.98. The van der Waals surface area contributed by atoms with Gasteiger partial charge < -0.3 is 0 Å². The average Bonchev–Trinajstić information content (AvgIpc) is 2.36. The molecule has 0 aliphatic rings. The third kappa shape index (κ3) is 3.24. The summed E-state index contributed by atoms with van der Waals surface area (Å²) in [6.07, 6.45) is 0. The lowest BCUT2D eigenvalue weighted by Gasteiger charge is -2.36. The van der Waals surface area contributed by atoms with Crippen molar-refractivity contribution in [3.05, 3.63) is 29.8 Å². The second-order valence-corrected chi connectivity index (χ2v) is 6.58. The van der Waals surface area contributed by atoms with E-state index in [2.05, 4.69) is 23.2 Å². The smallest absolute Gasteiger partial charge is 0.282 e. The molecule has 1 atom stereocenters. The van der Waals surface area contributed by atoms with Gasteiger partial charge in [0.25, 0.3) is 10.1 Å². The summed E-state index contributed by atoms with van der Waals surface area (Å²) in [4.78, 5) is -1.74. The van der Waals surface area contributed by atoms with Gasteiger partial charge in [0.05, 0.1) is 0 Å². The molecule has 0 saturated heterocycles. The zero-order valence-corrected chi connectivity index (χ0v) is 12.7. The fourth-order valence-electron chi connectivity index (χ4n) is 1.50. The Bertz CT molecular complexity index is 701. The van der Waals surface area contributed by atoms with Gasteiger partial charge in [0, 0.05) is 5.56 Å². The van der Waals surface area contributed by atoms with Gasteiger partial charge in [-0.15, -0.1) is 0 Å². The van der Waals surface area contributed by atoms with Crippen molar-refractivity contribution in [3.8, 4) is 0 Å². The summed E-state index contributed by atoms with van der Waals surface area (Å²) < 4.78 is 124. The first kappa shape index (κ1) is 20.3. The molecule has 0 saturated carbocycles. The summed E-state index contributed by atoms with van der Waals surface area (Å²) >= 11 is 8.23. The van der Waals surface area contributed by atoms with Crippen molar-refractivity contribution in [3.63, 3.8) is 0 Å². The third-order valence-electron chi connectivity index (χ3n) is 2.65. The van der Waals surface area contributed by atoms with Crippen LogP contribution in [0.5, 0.6) is 0 Å². The highest BCUT2D eigenvalue weighted by Gasteiger charge is 2.79. The quantitative estimate of drug-likeness (QED) is 0.446. The van der Waals surface area contributed by atoms with Crippen LogP contribution in [0, 0.1) is 0 Å². The van der Waals surface area contributed by atoms with Crippen LogP contribution in [0.15, 0.2) is 29.2 Å². The van der Waals surface area contributed by atoms with Gasteiger partial charge in [-0.1, -0.05) is 29.8 Å². The van der Waals surface area contributed by atoms with E-state index in [0.29, 0.717) is 6.07 Å². The maximum atomic E-state index is 13.9. The van der Waals surface area contributed by atoms with Gasteiger partial charge >= 0.3 is 22.4 Å². The van der Waals surface area contributed by atoms with Crippen LogP contribution < -0.4 is 0 Å². The van der Waals surface area contributed by atoms with Gasteiger partial charge in [-0.05, 0) is 17.7 Å². The zero-order valence-electron chi connectivity index (χ0n) is 10.4. The molecule has 0 aromatic heterocycles. The Labute approximate surface area is 134 Å². The lowest BCUT2D eigenvalue weighted by molar-refractivity contribution is -0.285. The monoisotopic (exact) mass is 408 g/mol. The number of hydrogen-bond donors (Lipinski definition) is 1. The van der Waals surface area contributed by atoms with Gasteiger partial charge in [-0.2, -0.15) is 34.8 Å². The van der Waals surface area contributed by atoms with Crippen molar-refractivity contribution in [2.45, 2.75) is 27.3 Å². The highest BCUT2D eigenvalue weighted by atomic mass is 35.5. The molecule has 1 aromatic carbocycles. The molecule has 1 aromatic rings. The van der Waals surface area contributed by atoms with E-state index in [-0.39, 0.29) is 12.1 Å². The van der Waals surface area contributed by atoms with E-state index in [0.717, 1.165) is 6.07 Å². The molecule has 13 heteroatoms. The minimum atomic E-state index is -6.35. The van der Waals surface area contributed by atoms with E-state index in [1.54, 1.807) is 0 Å². The van der Waals surface area contributed by atoms with Crippen molar-refractivity contribution in [2.75, 3.05) is 0 Å². The summed E-state index contributed by atoms with van der Waals surface area (Å²) in [5, 5.41) is -11.4. The number of halogens is 9. The highest BCUT2D eigenvalue weighted by molar-refractivity contribution is 7.85. The van der Waals surface area contributed by atoms with Crippen LogP contribution in [0.2, 0.25) is 0 Å². The number of hydrogen-bond acceptors (Lipinski definition) is 2. The van der Waals surface area contributed by atoms with Crippen molar-refractivity contribution >= 4 is 33.3 Å².